The largest absolute Gasteiger partial charge is 0.446 e. The summed E-state index contributed by atoms with van der Waals surface area (Å²) in [5.74, 6) is 0.767. The van der Waals surface area contributed by atoms with E-state index in [1.807, 2.05) is 6.92 Å². The summed E-state index contributed by atoms with van der Waals surface area (Å²) in [5, 5.41) is 8.79. The fourth-order valence-corrected chi connectivity index (χ4v) is 3.15. The molecular weight excluding hydrogens is 242 g/mol. The number of nitrogens with zero attached hydrogens (tertiary/aromatic N) is 1. The topological polar surface area (TPSA) is 70.8 Å². The first-order chi connectivity index (χ1) is 8.07. The monoisotopic (exact) mass is 259 g/mol. The first-order valence-corrected chi connectivity index (χ1v) is 7.21. The molecule has 6 heteroatoms. The second-order valence-electron chi connectivity index (χ2n) is 4.28. The van der Waals surface area contributed by atoms with Crippen molar-refractivity contribution >= 4 is 10.0 Å². The molecule has 0 amide bonds. The molecule has 1 aliphatic rings. The standard InChI is InChI=1S/C11H17NO4S/c1-2-12(7-9-3-4-9)17(14,15)11-6-5-10(8-13)16-11/h5-6,9,13H,2-4,7-8H2,1H3. The van der Waals surface area contributed by atoms with Crippen LogP contribution >= 0.6 is 0 Å². The molecule has 0 unspecified atom stereocenters. The highest BCUT2D eigenvalue weighted by molar-refractivity contribution is 7.89. The summed E-state index contributed by atoms with van der Waals surface area (Å²) in [6.45, 7) is 2.53. The Kier molecular flexibility index (Phi) is 3.56. The maximum Gasteiger partial charge on any atom is 0.276 e. The Hall–Kier alpha value is -0.850. The Morgan fingerprint density at radius 2 is 2.18 bits per heavy atom. The van der Waals surface area contributed by atoms with E-state index in [2.05, 4.69) is 0 Å². The van der Waals surface area contributed by atoms with Crippen molar-refractivity contribution in [1.29, 1.82) is 0 Å². The molecule has 0 aromatic carbocycles. The van der Waals surface area contributed by atoms with Gasteiger partial charge in [0.15, 0.2) is 0 Å². The molecule has 1 aromatic heterocycles. The van der Waals surface area contributed by atoms with Gasteiger partial charge in [-0.3, -0.25) is 0 Å². The number of hydrogen-bond acceptors (Lipinski definition) is 4. The number of rotatable bonds is 6. The van der Waals surface area contributed by atoms with Crippen LogP contribution in [0.15, 0.2) is 21.6 Å². The molecule has 1 fully saturated rings. The number of furan rings is 1. The predicted octanol–water partition coefficient (Wildman–Crippen LogP) is 1.19. The molecule has 0 aliphatic heterocycles. The summed E-state index contributed by atoms with van der Waals surface area (Å²) >= 11 is 0. The van der Waals surface area contributed by atoms with Crippen LogP contribution in [0.2, 0.25) is 0 Å². The van der Waals surface area contributed by atoms with Gasteiger partial charge in [0.2, 0.25) is 5.09 Å². The molecule has 1 heterocycles. The maximum absolute atomic E-state index is 12.2. The zero-order chi connectivity index (χ0) is 12.5. The molecule has 5 nitrogen and oxygen atoms in total. The van der Waals surface area contributed by atoms with E-state index in [0.29, 0.717) is 19.0 Å². The molecule has 0 saturated heterocycles. The lowest BCUT2D eigenvalue weighted by Crippen LogP contribution is -2.32. The highest BCUT2D eigenvalue weighted by atomic mass is 32.2. The van der Waals surface area contributed by atoms with Crippen molar-refractivity contribution in [3.8, 4) is 0 Å². The Morgan fingerprint density at radius 1 is 1.47 bits per heavy atom. The molecule has 1 aliphatic carbocycles. The van der Waals surface area contributed by atoms with Gasteiger partial charge in [0.05, 0.1) is 0 Å². The Labute approximate surface area is 101 Å². The van der Waals surface area contributed by atoms with Crippen molar-refractivity contribution in [2.45, 2.75) is 31.5 Å². The second-order valence-corrected chi connectivity index (χ2v) is 6.15. The molecule has 17 heavy (non-hydrogen) atoms. The van der Waals surface area contributed by atoms with Crippen LogP contribution in [0.3, 0.4) is 0 Å². The average Bonchev–Trinajstić information content (AvgIpc) is 2.99. The van der Waals surface area contributed by atoms with Crippen LogP contribution in [0.1, 0.15) is 25.5 Å². The minimum Gasteiger partial charge on any atom is -0.446 e. The van der Waals surface area contributed by atoms with Gasteiger partial charge < -0.3 is 9.52 Å². The van der Waals surface area contributed by atoms with E-state index in [0.717, 1.165) is 12.8 Å². The molecule has 1 aromatic rings. The highest BCUT2D eigenvalue weighted by Crippen LogP contribution is 2.31. The van der Waals surface area contributed by atoms with Crippen LogP contribution in [-0.4, -0.2) is 30.9 Å². The first kappa shape index (κ1) is 12.6. The average molecular weight is 259 g/mol. The third-order valence-corrected chi connectivity index (χ3v) is 4.71. The number of sulfonamides is 1. The van der Waals surface area contributed by atoms with Crippen molar-refractivity contribution in [2.24, 2.45) is 5.92 Å². The number of aliphatic hydroxyl groups is 1. The van der Waals surface area contributed by atoms with Gasteiger partial charge in [-0.25, -0.2) is 8.42 Å². The van der Waals surface area contributed by atoms with Gasteiger partial charge in [-0.2, -0.15) is 4.31 Å². The van der Waals surface area contributed by atoms with E-state index in [1.54, 1.807) is 0 Å². The van der Waals surface area contributed by atoms with Crippen LogP contribution in [0.5, 0.6) is 0 Å². The fourth-order valence-electron chi connectivity index (χ4n) is 1.69. The van der Waals surface area contributed by atoms with E-state index in [-0.39, 0.29) is 17.5 Å². The van der Waals surface area contributed by atoms with Crippen LogP contribution in [0, 0.1) is 5.92 Å². The van der Waals surface area contributed by atoms with E-state index in [9.17, 15) is 8.42 Å². The molecule has 0 atom stereocenters. The maximum atomic E-state index is 12.2. The highest BCUT2D eigenvalue weighted by Gasteiger charge is 2.32. The summed E-state index contributed by atoms with van der Waals surface area (Å²) in [6, 6.07) is 2.88. The Morgan fingerprint density at radius 3 is 2.65 bits per heavy atom. The van der Waals surface area contributed by atoms with Crippen molar-refractivity contribution in [2.75, 3.05) is 13.1 Å². The van der Waals surface area contributed by atoms with Crippen LogP contribution in [0.4, 0.5) is 0 Å². The smallest absolute Gasteiger partial charge is 0.276 e. The van der Waals surface area contributed by atoms with Gasteiger partial charge in [0, 0.05) is 13.1 Å². The zero-order valence-electron chi connectivity index (χ0n) is 9.80. The van der Waals surface area contributed by atoms with Crippen LogP contribution in [0.25, 0.3) is 0 Å². The molecule has 96 valence electrons. The zero-order valence-corrected chi connectivity index (χ0v) is 10.6. The lowest BCUT2D eigenvalue weighted by atomic mass is 10.4. The van der Waals surface area contributed by atoms with Gasteiger partial charge in [0.25, 0.3) is 10.0 Å². The predicted molar refractivity (Wildman–Crippen MR) is 61.8 cm³/mol. The number of aliphatic hydroxyl groups excluding tert-OH is 1. The quantitative estimate of drug-likeness (QED) is 0.833. The first-order valence-electron chi connectivity index (χ1n) is 5.77. The second kappa shape index (κ2) is 4.80. The summed E-state index contributed by atoms with van der Waals surface area (Å²) < 4.78 is 31.0. The van der Waals surface area contributed by atoms with Gasteiger partial charge in [-0.1, -0.05) is 6.92 Å². The normalized spacial score (nSPS) is 16.6. The lowest BCUT2D eigenvalue weighted by molar-refractivity contribution is 0.235. The Bertz CT molecular complexity index is 475. The molecule has 2 rings (SSSR count). The van der Waals surface area contributed by atoms with Gasteiger partial charge in [0.1, 0.15) is 12.4 Å². The minimum absolute atomic E-state index is 0.0796. The summed E-state index contributed by atoms with van der Waals surface area (Å²) in [7, 11) is -3.54. The van der Waals surface area contributed by atoms with Crippen molar-refractivity contribution < 1.29 is 17.9 Å². The minimum atomic E-state index is -3.54. The molecule has 0 bridgehead atoms. The molecular formula is C11H17NO4S. The fraction of sp³-hybridized carbons (Fsp3) is 0.636. The van der Waals surface area contributed by atoms with E-state index < -0.39 is 10.0 Å². The van der Waals surface area contributed by atoms with Crippen LogP contribution < -0.4 is 0 Å². The summed E-state index contributed by atoms with van der Waals surface area (Å²) in [6.07, 6.45) is 2.21. The number of hydrogen-bond donors (Lipinski definition) is 1. The van der Waals surface area contributed by atoms with Crippen LogP contribution in [-0.2, 0) is 16.6 Å². The molecule has 1 saturated carbocycles. The lowest BCUT2D eigenvalue weighted by Gasteiger charge is -2.18. The van der Waals surface area contributed by atoms with Crippen molar-refractivity contribution in [1.82, 2.24) is 4.31 Å². The Balaban J connectivity index is 2.19. The van der Waals surface area contributed by atoms with Gasteiger partial charge >= 0.3 is 0 Å². The van der Waals surface area contributed by atoms with E-state index >= 15 is 0 Å². The van der Waals surface area contributed by atoms with E-state index in [1.165, 1.54) is 16.4 Å². The van der Waals surface area contributed by atoms with Crippen molar-refractivity contribution in [3.05, 3.63) is 17.9 Å². The molecule has 0 radical (unpaired) electrons. The molecule has 1 N–H and O–H groups in total. The third-order valence-electron chi connectivity index (χ3n) is 2.90. The molecule has 0 spiro atoms. The van der Waals surface area contributed by atoms with E-state index in [4.69, 9.17) is 9.52 Å². The summed E-state index contributed by atoms with van der Waals surface area (Å²) in [4.78, 5) is 0. The van der Waals surface area contributed by atoms with Gasteiger partial charge in [-0.15, -0.1) is 0 Å². The summed E-state index contributed by atoms with van der Waals surface area (Å²) in [5.41, 5.74) is 0. The van der Waals surface area contributed by atoms with Crippen molar-refractivity contribution in [3.63, 3.8) is 0 Å². The van der Waals surface area contributed by atoms with Gasteiger partial charge in [-0.05, 0) is 30.9 Å². The SMILES string of the molecule is CCN(CC1CC1)S(=O)(=O)c1ccc(CO)o1. The third kappa shape index (κ3) is 2.70.